The van der Waals surface area contributed by atoms with Crippen LogP contribution in [0, 0.1) is 13.8 Å². The Morgan fingerprint density at radius 3 is 2.39 bits per heavy atom. The van der Waals surface area contributed by atoms with Crippen molar-refractivity contribution >= 4 is 27.5 Å². The maximum absolute atomic E-state index is 12.9. The van der Waals surface area contributed by atoms with Gasteiger partial charge in [-0.25, -0.2) is 9.67 Å². The maximum Gasteiger partial charge on any atom is 0.295 e. The molecule has 0 bridgehead atoms. The smallest absolute Gasteiger partial charge is 0.295 e. The summed E-state index contributed by atoms with van der Waals surface area (Å²) in [5, 5.41) is 7.50. The number of aromatic nitrogens is 3. The summed E-state index contributed by atoms with van der Waals surface area (Å²) in [6.07, 6.45) is 0.951. The third kappa shape index (κ3) is 4.59. The van der Waals surface area contributed by atoms with E-state index in [1.165, 1.54) is 5.56 Å². The topological polar surface area (TPSA) is 59.8 Å². The first-order chi connectivity index (χ1) is 14.9. The predicted octanol–water partition coefficient (Wildman–Crippen LogP) is 6.13. The van der Waals surface area contributed by atoms with Crippen molar-refractivity contribution in [2.24, 2.45) is 0 Å². The Kier molecular flexibility index (Phi) is 6.00. The number of hydrogen-bond donors (Lipinski definition) is 1. The Hall–Kier alpha value is -3.25. The van der Waals surface area contributed by atoms with Gasteiger partial charge in [-0.3, -0.25) is 4.79 Å². The molecular formula is C25H23BrN4O. The average molecular weight is 475 g/mol. The summed E-state index contributed by atoms with van der Waals surface area (Å²) >= 11 is 3.47. The number of anilines is 1. The SMILES string of the molecule is CCc1ccc(NC(=O)c2nc(-c3ccc(Br)cc3)n(-c3cc(C)ccc3C)n2)cc1. The maximum atomic E-state index is 12.9. The van der Waals surface area contributed by atoms with Crippen molar-refractivity contribution in [3.8, 4) is 17.1 Å². The number of aryl methyl sites for hydroxylation is 3. The van der Waals surface area contributed by atoms with Crippen LogP contribution in [-0.2, 0) is 6.42 Å². The van der Waals surface area contributed by atoms with Crippen LogP contribution >= 0.6 is 15.9 Å². The molecule has 4 rings (SSSR count). The predicted molar refractivity (Wildman–Crippen MR) is 128 cm³/mol. The Bertz CT molecular complexity index is 1230. The Balaban J connectivity index is 1.76. The molecule has 4 aromatic rings. The summed E-state index contributed by atoms with van der Waals surface area (Å²) < 4.78 is 2.73. The Morgan fingerprint density at radius 1 is 1.00 bits per heavy atom. The Morgan fingerprint density at radius 2 is 1.71 bits per heavy atom. The second-order valence-corrected chi connectivity index (χ2v) is 8.39. The average Bonchev–Trinajstić information content (AvgIpc) is 3.22. The van der Waals surface area contributed by atoms with E-state index >= 15 is 0 Å². The molecule has 1 aromatic heterocycles. The number of carbonyl (C=O) groups excluding carboxylic acids is 1. The second-order valence-electron chi connectivity index (χ2n) is 7.47. The van der Waals surface area contributed by atoms with Gasteiger partial charge in [-0.15, -0.1) is 5.10 Å². The van der Waals surface area contributed by atoms with Crippen LogP contribution in [0.1, 0.15) is 34.2 Å². The lowest BCUT2D eigenvalue weighted by Gasteiger charge is -2.10. The quantitative estimate of drug-likeness (QED) is 0.378. The molecule has 0 radical (unpaired) electrons. The van der Waals surface area contributed by atoms with Crippen LogP contribution in [0.15, 0.2) is 71.2 Å². The van der Waals surface area contributed by atoms with Gasteiger partial charge in [0, 0.05) is 15.7 Å². The second kappa shape index (κ2) is 8.86. The van der Waals surface area contributed by atoms with Gasteiger partial charge in [0.1, 0.15) is 0 Å². The van der Waals surface area contributed by atoms with E-state index in [2.05, 4.69) is 50.4 Å². The van der Waals surface area contributed by atoms with E-state index in [-0.39, 0.29) is 11.7 Å². The summed E-state index contributed by atoms with van der Waals surface area (Å²) in [6, 6.07) is 21.8. The minimum absolute atomic E-state index is 0.124. The number of benzene rings is 3. The molecule has 0 aliphatic heterocycles. The molecule has 6 heteroatoms. The number of rotatable bonds is 5. The van der Waals surface area contributed by atoms with Crippen LogP contribution < -0.4 is 5.32 Å². The lowest BCUT2D eigenvalue weighted by molar-refractivity contribution is 0.101. The van der Waals surface area contributed by atoms with E-state index < -0.39 is 0 Å². The molecule has 0 spiro atoms. The van der Waals surface area contributed by atoms with Gasteiger partial charge in [-0.2, -0.15) is 0 Å². The van der Waals surface area contributed by atoms with Crippen molar-refractivity contribution in [3.05, 3.63) is 93.7 Å². The summed E-state index contributed by atoms with van der Waals surface area (Å²) in [6.45, 7) is 6.16. The zero-order valence-corrected chi connectivity index (χ0v) is 19.3. The van der Waals surface area contributed by atoms with Gasteiger partial charge in [-0.05, 0) is 67.3 Å². The first-order valence-electron chi connectivity index (χ1n) is 10.2. The van der Waals surface area contributed by atoms with E-state index in [0.717, 1.165) is 39.0 Å². The fourth-order valence-electron chi connectivity index (χ4n) is 3.32. The van der Waals surface area contributed by atoms with Crippen molar-refractivity contribution in [3.63, 3.8) is 0 Å². The van der Waals surface area contributed by atoms with E-state index in [1.807, 2.05) is 68.4 Å². The Labute approximate surface area is 190 Å². The minimum atomic E-state index is -0.341. The van der Waals surface area contributed by atoms with Gasteiger partial charge in [-0.1, -0.05) is 59.3 Å². The van der Waals surface area contributed by atoms with E-state index in [0.29, 0.717) is 5.82 Å². The summed E-state index contributed by atoms with van der Waals surface area (Å²) in [4.78, 5) is 17.6. The lowest BCUT2D eigenvalue weighted by Crippen LogP contribution is -2.14. The number of hydrogen-bond acceptors (Lipinski definition) is 3. The van der Waals surface area contributed by atoms with Crippen molar-refractivity contribution in [2.45, 2.75) is 27.2 Å². The molecule has 1 amide bonds. The van der Waals surface area contributed by atoms with Gasteiger partial charge < -0.3 is 5.32 Å². The van der Waals surface area contributed by atoms with Crippen LogP contribution in [0.2, 0.25) is 0 Å². The van der Waals surface area contributed by atoms with Crippen molar-refractivity contribution in [2.75, 3.05) is 5.32 Å². The monoisotopic (exact) mass is 474 g/mol. The highest BCUT2D eigenvalue weighted by Gasteiger charge is 2.20. The van der Waals surface area contributed by atoms with Crippen LogP contribution in [-0.4, -0.2) is 20.7 Å². The zero-order chi connectivity index (χ0) is 22.0. The van der Waals surface area contributed by atoms with Crippen LogP contribution in [0.3, 0.4) is 0 Å². The van der Waals surface area contributed by atoms with Gasteiger partial charge in [0.2, 0.25) is 5.82 Å². The van der Waals surface area contributed by atoms with Crippen molar-refractivity contribution in [1.82, 2.24) is 14.8 Å². The molecular weight excluding hydrogens is 452 g/mol. The normalized spacial score (nSPS) is 10.8. The third-order valence-electron chi connectivity index (χ3n) is 5.13. The molecule has 0 fully saturated rings. The standard InChI is InChI=1S/C25H23BrN4O/c1-4-18-7-13-21(14-8-18)27-25(31)23-28-24(19-9-11-20(26)12-10-19)30(29-23)22-15-16(2)5-6-17(22)3/h5-15H,4H2,1-3H3,(H,27,31). The molecule has 31 heavy (non-hydrogen) atoms. The fraction of sp³-hybridized carbons (Fsp3) is 0.160. The van der Waals surface area contributed by atoms with Crippen LogP contribution in [0.5, 0.6) is 0 Å². The van der Waals surface area contributed by atoms with Gasteiger partial charge in [0.15, 0.2) is 5.82 Å². The van der Waals surface area contributed by atoms with Crippen molar-refractivity contribution in [1.29, 1.82) is 0 Å². The minimum Gasteiger partial charge on any atom is -0.319 e. The molecule has 0 atom stereocenters. The van der Waals surface area contributed by atoms with Gasteiger partial charge >= 0.3 is 0 Å². The lowest BCUT2D eigenvalue weighted by atomic mass is 10.1. The molecule has 1 heterocycles. The van der Waals surface area contributed by atoms with E-state index in [9.17, 15) is 4.79 Å². The highest BCUT2D eigenvalue weighted by molar-refractivity contribution is 9.10. The number of carbonyl (C=O) groups is 1. The number of nitrogens with zero attached hydrogens (tertiary/aromatic N) is 3. The van der Waals surface area contributed by atoms with Crippen LogP contribution in [0.4, 0.5) is 5.69 Å². The zero-order valence-electron chi connectivity index (χ0n) is 17.7. The largest absolute Gasteiger partial charge is 0.319 e. The fourth-order valence-corrected chi connectivity index (χ4v) is 3.58. The highest BCUT2D eigenvalue weighted by Crippen LogP contribution is 2.25. The number of amides is 1. The molecule has 1 N–H and O–H groups in total. The van der Waals surface area contributed by atoms with E-state index in [1.54, 1.807) is 4.68 Å². The highest BCUT2D eigenvalue weighted by atomic mass is 79.9. The number of nitrogens with one attached hydrogen (secondary N) is 1. The molecule has 0 unspecified atom stereocenters. The molecule has 156 valence electrons. The molecule has 0 saturated carbocycles. The molecule has 5 nitrogen and oxygen atoms in total. The summed E-state index contributed by atoms with van der Waals surface area (Å²) in [5.41, 5.74) is 5.87. The van der Waals surface area contributed by atoms with Gasteiger partial charge in [0.25, 0.3) is 5.91 Å². The first kappa shape index (κ1) is 21.0. The third-order valence-corrected chi connectivity index (χ3v) is 5.65. The van der Waals surface area contributed by atoms with E-state index in [4.69, 9.17) is 0 Å². The first-order valence-corrected chi connectivity index (χ1v) is 10.9. The van der Waals surface area contributed by atoms with Crippen LogP contribution in [0.25, 0.3) is 17.1 Å². The molecule has 0 saturated heterocycles. The summed E-state index contributed by atoms with van der Waals surface area (Å²) in [5.74, 6) is 0.401. The number of halogens is 1. The molecule has 0 aliphatic carbocycles. The molecule has 3 aromatic carbocycles. The summed E-state index contributed by atoms with van der Waals surface area (Å²) in [7, 11) is 0. The van der Waals surface area contributed by atoms with Gasteiger partial charge in [0.05, 0.1) is 5.69 Å². The van der Waals surface area contributed by atoms with Crippen molar-refractivity contribution < 1.29 is 4.79 Å². The molecule has 0 aliphatic rings.